The number of barbiturate groups is 1. The number of amides is 4. The number of urea groups is 1. The highest BCUT2D eigenvalue weighted by molar-refractivity contribution is 6.39. The molecule has 1 heterocycles. The molecule has 0 unspecified atom stereocenters. The summed E-state index contributed by atoms with van der Waals surface area (Å²) in [6.45, 7) is 7.75. The Kier molecular flexibility index (Phi) is 7.22. The monoisotopic (exact) mass is 474 g/mol. The van der Waals surface area contributed by atoms with Crippen LogP contribution < -0.4 is 19.7 Å². The quantitative estimate of drug-likeness (QED) is 0.349. The molecule has 0 saturated carbocycles. The summed E-state index contributed by atoms with van der Waals surface area (Å²) in [7, 11) is 0. The number of anilines is 1. The van der Waals surface area contributed by atoms with Crippen LogP contribution in [0.5, 0.6) is 11.5 Å². The lowest BCUT2D eigenvalue weighted by molar-refractivity contribution is -0.122. The number of carbonyl (C=O) groups is 3. The third kappa shape index (κ3) is 4.79. The minimum Gasteiger partial charge on any atom is -0.490 e. The minimum atomic E-state index is -0.863. The van der Waals surface area contributed by atoms with Crippen LogP contribution in [0.15, 0.2) is 48.6 Å². The van der Waals surface area contributed by atoms with Crippen LogP contribution in [0.3, 0.4) is 0 Å². The number of aryl methyl sites for hydroxylation is 1. The van der Waals surface area contributed by atoms with Gasteiger partial charge < -0.3 is 9.47 Å². The molecular formula is C23H20Cl2N2O5. The number of ether oxygens (including phenoxy) is 2. The van der Waals surface area contributed by atoms with E-state index in [0.29, 0.717) is 28.7 Å². The molecule has 7 nitrogen and oxygen atoms in total. The van der Waals surface area contributed by atoms with E-state index in [1.807, 2.05) is 0 Å². The second kappa shape index (κ2) is 9.89. The summed E-state index contributed by atoms with van der Waals surface area (Å²) in [5.74, 6) is -0.952. The molecule has 32 heavy (non-hydrogen) atoms. The zero-order valence-corrected chi connectivity index (χ0v) is 18.9. The highest BCUT2D eigenvalue weighted by Crippen LogP contribution is 2.37. The average molecular weight is 475 g/mol. The van der Waals surface area contributed by atoms with Gasteiger partial charge in [0.15, 0.2) is 11.5 Å². The average Bonchev–Trinajstić information content (AvgIpc) is 2.73. The van der Waals surface area contributed by atoms with Crippen LogP contribution in [0.1, 0.15) is 18.1 Å². The number of halogens is 2. The van der Waals surface area contributed by atoms with Crippen molar-refractivity contribution in [1.82, 2.24) is 5.32 Å². The van der Waals surface area contributed by atoms with Gasteiger partial charge in [0.25, 0.3) is 11.8 Å². The van der Waals surface area contributed by atoms with Crippen LogP contribution in [0, 0.1) is 6.92 Å². The number of hydrogen-bond acceptors (Lipinski definition) is 5. The molecule has 4 amide bonds. The number of rotatable bonds is 7. The summed E-state index contributed by atoms with van der Waals surface area (Å²) in [6.07, 6.45) is 2.90. The second-order valence-corrected chi connectivity index (χ2v) is 7.57. The molecule has 0 bridgehead atoms. The molecule has 0 aliphatic carbocycles. The maximum absolute atomic E-state index is 13.1. The molecule has 2 aromatic rings. The lowest BCUT2D eigenvalue weighted by Crippen LogP contribution is -2.54. The SMILES string of the molecule is C=CCOc1c(Cl)cc(/C=C2/C(=O)NC(=O)N(c3ccc(C)c(Cl)c3)C2=O)cc1OCC. The van der Waals surface area contributed by atoms with Crippen molar-refractivity contribution in [2.45, 2.75) is 13.8 Å². The molecule has 3 rings (SSSR count). The molecule has 0 spiro atoms. The van der Waals surface area contributed by atoms with E-state index in [9.17, 15) is 14.4 Å². The van der Waals surface area contributed by atoms with E-state index >= 15 is 0 Å². The van der Waals surface area contributed by atoms with Gasteiger partial charge in [0.2, 0.25) is 0 Å². The van der Waals surface area contributed by atoms with Crippen LogP contribution in [-0.4, -0.2) is 31.1 Å². The van der Waals surface area contributed by atoms with E-state index in [1.165, 1.54) is 18.2 Å². The van der Waals surface area contributed by atoms with Crippen LogP contribution >= 0.6 is 23.2 Å². The van der Waals surface area contributed by atoms with Crippen molar-refractivity contribution in [1.29, 1.82) is 0 Å². The maximum atomic E-state index is 13.1. The third-order valence-corrected chi connectivity index (χ3v) is 5.19. The first-order chi connectivity index (χ1) is 15.3. The number of nitrogens with zero attached hydrogens (tertiary/aromatic N) is 1. The van der Waals surface area contributed by atoms with Gasteiger partial charge in [0.1, 0.15) is 12.2 Å². The highest BCUT2D eigenvalue weighted by atomic mass is 35.5. The van der Waals surface area contributed by atoms with E-state index in [-0.39, 0.29) is 22.9 Å². The van der Waals surface area contributed by atoms with Gasteiger partial charge in [0.05, 0.1) is 17.3 Å². The summed E-state index contributed by atoms with van der Waals surface area (Å²) >= 11 is 12.5. The fourth-order valence-corrected chi connectivity index (χ4v) is 3.44. The summed E-state index contributed by atoms with van der Waals surface area (Å²) in [5, 5.41) is 2.78. The first kappa shape index (κ1) is 23.4. The van der Waals surface area contributed by atoms with E-state index in [0.717, 1.165) is 10.5 Å². The Morgan fingerprint density at radius 1 is 1.09 bits per heavy atom. The Morgan fingerprint density at radius 2 is 1.84 bits per heavy atom. The molecule has 166 valence electrons. The standard InChI is InChI=1S/C23H20Cl2N2O5/c1-4-8-32-20-18(25)10-14(11-19(20)31-5-2)9-16-21(28)26-23(30)27(22(16)29)15-7-6-13(3)17(24)12-15/h4,6-7,9-12H,1,5,8H2,2-3H3,(H,26,28,30)/b16-9-. The minimum absolute atomic E-state index is 0.220. The Hall–Kier alpha value is -3.29. The Bertz CT molecular complexity index is 1140. The largest absolute Gasteiger partial charge is 0.490 e. The van der Waals surface area contributed by atoms with Crippen LogP contribution in [-0.2, 0) is 9.59 Å². The van der Waals surface area contributed by atoms with Crippen molar-refractivity contribution in [3.8, 4) is 11.5 Å². The Labute approximate surface area is 195 Å². The molecular weight excluding hydrogens is 455 g/mol. The summed E-state index contributed by atoms with van der Waals surface area (Å²) in [4.78, 5) is 38.8. The molecule has 0 radical (unpaired) electrons. The predicted octanol–water partition coefficient (Wildman–Crippen LogP) is 4.93. The zero-order valence-electron chi connectivity index (χ0n) is 17.4. The number of nitrogens with one attached hydrogen (secondary N) is 1. The first-order valence-electron chi connectivity index (χ1n) is 9.64. The first-order valence-corrected chi connectivity index (χ1v) is 10.4. The van der Waals surface area contributed by atoms with Gasteiger partial charge in [-0.3, -0.25) is 14.9 Å². The predicted molar refractivity (Wildman–Crippen MR) is 124 cm³/mol. The summed E-state index contributed by atoms with van der Waals surface area (Å²) in [5.41, 5.74) is 1.19. The lowest BCUT2D eigenvalue weighted by atomic mass is 10.1. The van der Waals surface area contributed by atoms with Gasteiger partial charge in [-0.25, -0.2) is 9.69 Å². The van der Waals surface area contributed by atoms with Gasteiger partial charge in [0, 0.05) is 5.02 Å². The van der Waals surface area contributed by atoms with Crippen molar-refractivity contribution in [3.63, 3.8) is 0 Å². The Balaban J connectivity index is 2.03. The normalized spacial score (nSPS) is 15.1. The van der Waals surface area contributed by atoms with Gasteiger partial charge in [-0.2, -0.15) is 0 Å². The molecule has 0 atom stereocenters. The molecule has 0 aromatic heterocycles. The van der Waals surface area contributed by atoms with Crippen LogP contribution in [0.4, 0.5) is 10.5 Å². The zero-order chi connectivity index (χ0) is 23.4. The smallest absolute Gasteiger partial charge is 0.335 e. The van der Waals surface area contributed by atoms with Crippen LogP contribution in [0.2, 0.25) is 10.0 Å². The van der Waals surface area contributed by atoms with Gasteiger partial charge in [-0.15, -0.1) is 0 Å². The topological polar surface area (TPSA) is 84.9 Å². The third-order valence-electron chi connectivity index (χ3n) is 4.50. The second-order valence-electron chi connectivity index (χ2n) is 6.75. The highest BCUT2D eigenvalue weighted by Gasteiger charge is 2.37. The fraction of sp³-hybridized carbons (Fsp3) is 0.174. The van der Waals surface area contributed by atoms with Crippen molar-refractivity contribution >= 4 is 52.8 Å². The molecule has 2 aromatic carbocycles. The molecule has 1 saturated heterocycles. The number of carbonyl (C=O) groups excluding carboxylic acids is 3. The van der Waals surface area contributed by atoms with E-state index < -0.39 is 17.8 Å². The van der Waals surface area contributed by atoms with Crippen molar-refractivity contribution in [3.05, 3.63) is 69.7 Å². The van der Waals surface area contributed by atoms with Gasteiger partial charge >= 0.3 is 6.03 Å². The van der Waals surface area contributed by atoms with Crippen LogP contribution in [0.25, 0.3) is 6.08 Å². The van der Waals surface area contributed by atoms with Gasteiger partial charge in [-0.05, 0) is 55.3 Å². The maximum Gasteiger partial charge on any atom is 0.335 e. The van der Waals surface area contributed by atoms with Crippen molar-refractivity contribution in [2.24, 2.45) is 0 Å². The van der Waals surface area contributed by atoms with Crippen molar-refractivity contribution < 1.29 is 23.9 Å². The number of hydrogen-bond donors (Lipinski definition) is 1. The van der Waals surface area contributed by atoms with E-state index in [2.05, 4.69) is 11.9 Å². The Morgan fingerprint density at radius 3 is 2.50 bits per heavy atom. The summed E-state index contributed by atoms with van der Waals surface area (Å²) < 4.78 is 11.2. The van der Waals surface area contributed by atoms with Gasteiger partial charge in [-0.1, -0.05) is 41.9 Å². The molecule has 9 heteroatoms. The number of imide groups is 2. The van der Waals surface area contributed by atoms with Crippen molar-refractivity contribution in [2.75, 3.05) is 18.1 Å². The van der Waals surface area contributed by atoms with E-state index in [4.69, 9.17) is 32.7 Å². The number of benzene rings is 2. The lowest BCUT2D eigenvalue weighted by Gasteiger charge is -2.26. The van der Waals surface area contributed by atoms with E-state index in [1.54, 1.807) is 38.1 Å². The molecule has 1 fully saturated rings. The fourth-order valence-electron chi connectivity index (χ4n) is 3.00. The molecule has 1 aliphatic heterocycles. The molecule has 1 N–H and O–H groups in total. The summed E-state index contributed by atoms with van der Waals surface area (Å²) in [6, 6.07) is 6.98. The molecule has 1 aliphatic rings.